The van der Waals surface area contributed by atoms with Crippen molar-refractivity contribution in [2.24, 2.45) is 0 Å². The van der Waals surface area contributed by atoms with E-state index >= 15 is 0 Å². The van der Waals surface area contributed by atoms with Crippen molar-refractivity contribution in [3.63, 3.8) is 0 Å². The topological polar surface area (TPSA) is 86.1 Å². The van der Waals surface area contributed by atoms with Crippen molar-refractivity contribution < 1.29 is 23.1 Å². The summed E-state index contributed by atoms with van der Waals surface area (Å²) in [4.78, 5) is 29.0. The molecule has 162 valence electrons. The number of hydrogen-bond acceptors (Lipinski definition) is 6. The van der Waals surface area contributed by atoms with Crippen LogP contribution in [-0.2, 0) is 9.53 Å². The lowest BCUT2D eigenvalue weighted by atomic mass is 10.3. The molecule has 31 heavy (non-hydrogen) atoms. The minimum atomic E-state index is -2.64. The SMILES string of the molecule is Cc1cc(C)n(-c2ccc(Cl)c(C(=O)OCC(=O)Nc3ccccc3SC(F)F)n2)n1. The van der Waals surface area contributed by atoms with Crippen LogP contribution >= 0.6 is 23.4 Å². The van der Waals surface area contributed by atoms with Crippen LogP contribution < -0.4 is 5.32 Å². The molecule has 0 spiro atoms. The molecule has 7 nitrogen and oxygen atoms in total. The molecule has 0 aliphatic rings. The number of carbonyl (C=O) groups is 2. The lowest BCUT2D eigenvalue weighted by Gasteiger charge is -2.11. The fourth-order valence-electron chi connectivity index (χ4n) is 2.71. The van der Waals surface area contributed by atoms with Gasteiger partial charge in [-0.3, -0.25) is 4.79 Å². The molecule has 2 heterocycles. The number of carbonyl (C=O) groups excluding carboxylic acids is 2. The number of benzene rings is 1. The van der Waals surface area contributed by atoms with Crippen LogP contribution in [0, 0.1) is 13.8 Å². The molecule has 0 aliphatic carbocycles. The highest BCUT2D eigenvalue weighted by Gasteiger charge is 2.19. The Bertz CT molecular complexity index is 1120. The number of thioether (sulfide) groups is 1. The first kappa shape index (κ1) is 22.7. The fraction of sp³-hybridized carbons (Fsp3) is 0.200. The monoisotopic (exact) mass is 466 g/mol. The van der Waals surface area contributed by atoms with Crippen molar-refractivity contribution in [2.75, 3.05) is 11.9 Å². The maximum Gasteiger partial charge on any atom is 0.359 e. The van der Waals surface area contributed by atoms with Crippen molar-refractivity contribution in [1.29, 1.82) is 0 Å². The molecule has 1 amide bonds. The number of ether oxygens (including phenoxy) is 1. The number of hydrogen-bond donors (Lipinski definition) is 1. The van der Waals surface area contributed by atoms with Crippen molar-refractivity contribution in [3.8, 4) is 5.82 Å². The molecule has 0 bridgehead atoms. The number of anilines is 1. The fourth-order valence-corrected chi connectivity index (χ4v) is 3.49. The first-order chi connectivity index (χ1) is 14.7. The third-order valence-corrected chi connectivity index (χ3v) is 5.06. The number of nitrogens with zero attached hydrogens (tertiary/aromatic N) is 3. The zero-order valence-corrected chi connectivity index (χ0v) is 18.0. The standard InChI is InChI=1S/C20H17ClF2N4O3S/c1-11-9-12(2)27(26-11)16-8-7-13(21)18(25-16)19(29)30-10-17(28)24-14-5-3-4-6-15(14)31-20(22)23/h3-9,20H,10H2,1-2H3,(H,24,28). The predicted octanol–water partition coefficient (Wildman–Crippen LogP) is 4.65. The second kappa shape index (κ2) is 9.88. The zero-order chi connectivity index (χ0) is 22.5. The molecule has 0 radical (unpaired) electrons. The highest BCUT2D eigenvalue weighted by atomic mass is 35.5. The number of rotatable bonds is 7. The minimum Gasteiger partial charge on any atom is -0.451 e. The number of alkyl halides is 2. The molecule has 0 fully saturated rings. The van der Waals surface area contributed by atoms with Gasteiger partial charge in [0, 0.05) is 10.6 Å². The normalized spacial score (nSPS) is 10.9. The van der Waals surface area contributed by atoms with Gasteiger partial charge in [0.1, 0.15) is 0 Å². The molecule has 0 unspecified atom stereocenters. The highest BCUT2D eigenvalue weighted by molar-refractivity contribution is 7.99. The largest absolute Gasteiger partial charge is 0.451 e. The van der Waals surface area contributed by atoms with E-state index < -0.39 is 24.2 Å². The molecule has 0 saturated carbocycles. The summed E-state index contributed by atoms with van der Waals surface area (Å²) < 4.78 is 31.9. The van der Waals surface area contributed by atoms with E-state index in [0.29, 0.717) is 17.6 Å². The average molecular weight is 467 g/mol. The van der Waals surface area contributed by atoms with Gasteiger partial charge in [0.2, 0.25) is 0 Å². The number of pyridine rings is 1. The van der Waals surface area contributed by atoms with Crippen LogP contribution in [0.2, 0.25) is 5.02 Å². The van der Waals surface area contributed by atoms with E-state index in [1.54, 1.807) is 22.9 Å². The van der Waals surface area contributed by atoms with Gasteiger partial charge < -0.3 is 10.1 Å². The number of para-hydroxylation sites is 1. The van der Waals surface area contributed by atoms with Gasteiger partial charge in [-0.05, 0) is 44.2 Å². The van der Waals surface area contributed by atoms with E-state index in [9.17, 15) is 18.4 Å². The molecule has 3 aromatic rings. The first-order valence-corrected chi connectivity index (χ1v) is 10.2. The molecule has 2 aromatic heterocycles. The highest BCUT2D eigenvalue weighted by Crippen LogP contribution is 2.31. The predicted molar refractivity (Wildman–Crippen MR) is 113 cm³/mol. The minimum absolute atomic E-state index is 0.0503. The molecule has 11 heteroatoms. The summed E-state index contributed by atoms with van der Waals surface area (Å²) in [6, 6.07) is 11.0. The quantitative estimate of drug-likeness (QED) is 0.403. The summed E-state index contributed by atoms with van der Waals surface area (Å²) in [5, 5.41) is 6.80. The van der Waals surface area contributed by atoms with E-state index in [4.69, 9.17) is 16.3 Å². The maximum atomic E-state index is 12.7. The van der Waals surface area contributed by atoms with Gasteiger partial charge in [-0.15, -0.1) is 0 Å². The molecule has 1 aromatic carbocycles. The Hall–Kier alpha value is -2.98. The third-order valence-electron chi connectivity index (χ3n) is 3.96. The number of amides is 1. The van der Waals surface area contributed by atoms with Gasteiger partial charge in [-0.2, -0.15) is 13.9 Å². The molecular weight excluding hydrogens is 450 g/mol. The number of halogens is 3. The van der Waals surface area contributed by atoms with Gasteiger partial charge in [0.25, 0.3) is 11.7 Å². The molecule has 0 aliphatic heterocycles. The lowest BCUT2D eigenvalue weighted by molar-refractivity contribution is -0.119. The molecular formula is C20H17ClF2N4O3S. The summed E-state index contributed by atoms with van der Waals surface area (Å²) >= 11 is 6.37. The second-order valence-electron chi connectivity index (χ2n) is 6.34. The summed E-state index contributed by atoms with van der Waals surface area (Å²) in [7, 11) is 0. The van der Waals surface area contributed by atoms with Gasteiger partial charge >= 0.3 is 5.97 Å². The van der Waals surface area contributed by atoms with E-state index in [1.807, 2.05) is 19.9 Å². The summed E-state index contributed by atoms with van der Waals surface area (Å²) in [5.41, 5.74) is 1.61. The Morgan fingerprint density at radius 3 is 2.65 bits per heavy atom. The second-order valence-corrected chi connectivity index (χ2v) is 7.78. The summed E-state index contributed by atoms with van der Waals surface area (Å²) in [6.07, 6.45) is 0. The van der Waals surface area contributed by atoms with E-state index in [1.165, 1.54) is 18.2 Å². The summed E-state index contributed by atoms with van der Waals surface area (Å²) in [6.45, 7) is 3.02. The van der Waals surface area contributed by atoms with E-state index in [0.717, 1.165) is 11.4 Å². The van der Waals surface area contributed by atoms with Crippen LogP contribution in [0.1, 0.15) is 21.9 Å². The average Bonchev–Trinajstić information content (AvgIpc) is 3.05. The van der Waals surface area contributed by atoms with Crippen LogP contribution in [0.4, 0.5) is 14.5 Å². The molecule has 3 rings (SSSR count). The van der Waals surface area contributed by atoms with Crippen LogP contribution in [-0.4, -0.2) is 39.0 Å². The van der Waals surface area contributed by atoms with Crippen LogP contribution in [0.15, 0.2) is 47.4 Å². The maximum absolute atomic E-state index is 12.7. The Kier molecular flexibility index (Phi) is 7.24. The van der Waals surface area contributed by atoms with Crippen molar-refractivity contribution in [1.82, 2.24) is 14.8 Å². The van der Waals surface area contributed by atoms with Gasteiger partial charge in [0.15, 0.2) is 18.1 Å². The number of aryl methyl sites for hydroxylation is 2. The summed E-state index contributed by atoms with van der Waals surface area (Å²) in [5.74, 6) is -3.87. The number of aromatic nitrogens is 3. The molecule has 0 saturated heterocycles. The van der Waals surface area contributed by atoms with E-state index in [-0.39, 0.29) is 21.3 Å². The smallest absolute Gasteiger partial charge is 0.359 e. The number of nitrogens with one attached hydrogen (secondary N) is 1. The van der Waals surface area contributed by atoms with Gasteiger partial charge in [-0.25, -0.2) is 14.5 Å². The third kappa shape index (κ3) is 5.80. The van der Waals surface area contributed by atoms with E-state index in [2.05, 4.69) is 15.4 Å². The Morgan fingerprint density at radius 2 is 1.97 bits per heavy atom. The first-order valence-electron chi connectivity index (χ1n) is 8.95. The molecule has 0 atom stereocenters. The van der Waals surface area contributed by atoms with Crippen LogP contribution in [0.25, 0.3) is 5.82 Å². The van der Waals surface area contributed by atoms with Crippen molar-refractivity contribution >= 4 is 40.9 Å². The van der Waals surface area contributed by atoms with Crippen LogP contribution in [0.5, 0.6) is 0 Å². The Balaban J connectivity index is 1.68. The lowest BCUT2D eigenvalue weighted by Crippen LogP contribution is -2.22. The van der Waals surface area contributed by atoms with Crippen molar-refractivity contribution in [2.45, 2.75) is 24.5 Å². The Morgan fingerprint density at radius 1 is 1.23 bits per heavy atom. The zero-order valence-electron chi connectivity index (χ0n) is 16.4. The Labute approximate surface area is 185 Å². The van der Waals surface area contributed by atoms with Gasteiger partial charge in [0.05, 0.1) is 16.4 Å². The molecule has 1 N–H and O–H groups in total. The van der Waals surface area contributed by atoms with Gasteiger partial charge in [-0.1, -0.05) is 35.5 Å². The van der Waals surface area contributed by atoms with Crippen molar-refractivity contribution in [3.05, 3.63) is 64.6 Å². The number of esters is 1. The van der Waals surface area contributed by atoms with Crippen LogP contribution in [0.3, 0.4) is 0 Å².